The van der Waals surface area contributed by atoms with E-state index in [4.69, 9.17) is 4.99 Å². The van der Waals surface area contributed by atoms with Gasteiger partial charge < -0.3 is 15.1 Å². The summed E-state index contributed by atoms with van der Waals surface area (Å²) >= 11 is 0. The average Bonchev–Trinajstić information content (AvgIpc) is 3.31. The first-order valence-electron chi connectivity index (χ1n) is 10.9. The van der Waals surface area contributed by atoms with Crippen molar-refractivity contribution in [3.63, 3.8) is 0 Å². The van der Waals surface area contributed by atoms with Crippen LogP contribution < -0.4 is 5.32 Å². The number of aliphatic imine (C=N–C) groups is 1. The number of piperazine rings is 1. The van der Waals surface area contributed by atoms with Gasteiger partial charge in [-0.15, -0.1) is 0 Å². The van der Waals surface area contributed by atoms with E-state index >= 15 is 0 Å². The predicted molar refractivity (Wildman–Crippen MR) is 116 cm³/mol. The average molecular weight is 390 g/mol. The second-order valence-electron chi connectivity index (χ2n) is 8.72. The zero-order valence-electron chi connectivity index (χ0n) is 18.4. The van der Waals surface area contributed by atoms with Crippen LogP contribution in [0.4, 0.5) is 0 Å². The highest BCUT2D eigenvalue weighted by Gasteiger charge is 2.28. The quantitative estimate of drug-likeness (QED) is 0.590. The topological polar surface area (TPSA) is 51.9 Å². The van der Waals surface area contributed by atoms with Crippen LogP contribution in [0, 0.1) is 5.92 Å². The normalized spacial score (nSPS) is 23.6. The number of nitrogens with zero attached hydrogens (tertiary/aromatic N) is 6. The number of aromatic nitrogens is 2. The molecule has 3 rings (SSSR count). The van der Waals surface area contributed by atoms with Crippen LogP contribution in [-0.4, -0.2) is 95.9 Å². The van der Waals surface area contributed by atoms with Gasteiger partial charge in [-0.05, 0) is 31.9 Å². The van der Waals surface area contributed by atoms with Gasteiger partial charge in [-0.25, -0.2) is 0 Å². The number of likely N-dealkylation sites (N-methyl/N-ethyl adjacent to an activating group) is 1. The smallest absolute Gasteiger partial charge is 0.193 e. The Kier molecular flexibility index (Phi) is 7.35. The summed E-state index contributed by atoms with van der Waals surface area (Å²) in [5, 5.41) is 7.88. The molecule has 158 valence electrons. The summed E-state index contributed by atoms with van der Waals surface area (Å²) < 4.78 is 1.90. The van der Waals surface area contributed by atoms with Gasteiger partial charge in [0, 0.05) is 71.0 Å². The molecule has 2 unspecified atom stereocenters. The van der Waals surface area contributed by atoms with Gasteiger partial charge in [-0.1, -0.05) is 13.8 Å². The molecule has 2 atom stereocenters. The van der Waals surface area contributed by atoms with E-state index < -0.39 is 0 Å². The van der Waals surface area contributed by atoms with Crippen LogP contribution in [0.3, 0.4) is 0 Å². The highest BCUT2D eigenvalue weighted by molar-refractivity contribution is 5.80. The Morgan fingerprint density at radius 1 is 1.21 bits per heavy atom. The Bertz CT molecular complexity index is 630. The van der Waals surface area contributed by atoms with Crippen molar-refractivity contribution < 1.29 is 0 Å². The maximum absolute atomic E-state index is 5.10. The Labute approximate surface area is 170 Å². The Morgan fingerprint density at radius 3 is 2.57 bits per heavy atom. The van der Waals surface area contributed by atoms with Crippen LogP contribution in [0.2, 0.25) is 0 Å². The molecule has 1 N–H and O–H groups in total. The van der Waals surface area contributed by atoms with Gasteiger partial charge in [0.2, 0.25) is 0 Å². The van der Waals surface area contributed by atoms with Crippen molar-refractivity contribution in [1.29, 1.82) is 0 Å². The minimum Gasteiger partial charge on any atom is -0.357 e. The molecule has 0 radical (unpaired) electrons. The highest BCUT2D eigenvalue weighted by atomic mass is 15.3. The molecular weight excluding hydrogens is 350 g/mol. The summed E-state index contributed by atoms with van der Waals surface area (Å²) in [5.74, 6) is 2.24. The lowest BCUT2D eigenvalue weighted by Gasteiger charge is -2.39. The van der Waals surface area contributed by atoms with Gasteiger partial charge in [0.25, 0.3) is 0 Å². The largest absolute Gasteiger partial charge is 0.357 e. The van der Waals surface area contributed by atoms with Gasteiger partial charge in [0.05, 0.1) is 12.7 Å². The molecule has 7 heteroatoms. The maximum atomic E-state index is 5.10. The summed E-state index contributed by atoms with van der Waals surface area (Å²) in [6.45, 7) is 15.3. The fourth-order valence-electron chi connectivity index (χ4n) is 4.38. The van der Waals surface area contributed by atoms with Crippen molar-refractivity contribution >= 4 is 5.96 Å². The van der Waals surface area contributed by atoms with Crippen molar-refractivity contribution in [2.75, 3.05) is 59.4 Å². The molecule has 2 aliphatic rings. The van der Waals surface area contributed by atoms with Crippen LogP contribution in [0.25, 0.3) is 0 Å². The summed E-state index contributed by atoms with van der Waals surface area (Å²) in [6, 6.07) is 0.513. The third kappa shape index (κ3) is 5.26. The second kappa shape index (κ2) is 9.74. The fraction of sp³-hybridized carbons (Fsp3) is 0.810. The van der Waals surface area contributed by atoms with Crippen molar-refractivity contribution in [2.45, 2.75) is 39.2 Å². The van der Waals surface area contributed by atoms with E-state index in [2.05, 4.69) is 59.1 Å². The van der Waals surface area contributed by atoms with Crippen LogP contribution in [0.1, 0.15) is 38.7 Å². The first-order valence-corrected chi connectivity index (χ1v) is 10.9. The third-order valence-corrected chi connectivity index (χ3v) is 6.22. The Balaban J connectivity index is 1.64. The monoisotopic (exact) mass is 389 g/mol. The molecule has 2 aliphatic heterocycles. The Hall–Kier alpha value is -1.60. The lowest BCUT2D eigenvalue weighted by Crippen LogP contribution is -2.52. The summed E-state index contributed by atoms with van der Waals surface area (Å²) in [5.41, 5.74) is 1.35. The molecule has 0 aromatic carbocycles. The minimum absolute atomic E-state index is 0.513. The molecule has 0 aliphatic carbocycles. The van der Waals surface area contributed by atoms with Crippen LogP contribution in [0.5, 0.6) is 0 Å². The Morgan fingerprint density at radius 2 is 1.96 bits per heavy atom. The van der Waals surface area contributed by atoms with Crippen LogP contribution in [-0.2, 0) is 7.05 Å². The number of nitrogens with one attached hydrogen (secondary N) is 1. The number of guanidine groups is 1. The van der Waals surface area contributed by atoms with Gasteiger partial charge in [0.1, 0.15) is 0 Å². The lowest BCUT2D eigenvalue weighted by molar-refractivity contribution is 0.0924. The van der Waals surface area contributed by atoms with E-state index in [1.54, 1.807) is 0 Å². The van der Waals surface area contributed by atoms with Crippen LogP contribution in [0.15, 0.2) is 17.4 Å². The van der Waals surface area contributed by atoms with Gasteiger partial charge in [0.15, 0.2) is 5.96 Å². The highest BCUT2D eigenvalue weighted by Crippen LogP contribution is 2.26. The van der Waals surface area contributed by atoms with E-state index in [-0.39, 0.29) is 0 Å². The van der Waals surface area contributed by atoms with Gasteiger partial charge in [-0.2, -0.15) is 5.10 Å². The van der Waals surface area contributed by atoms with E-state index in [1.807, 2.05) is 17.9 Å². The first-order chi connectivity index (χ1) is 13.5. The molecular formula is C21H39N7. The zero-order valence-corrected chi connectivity index (χ0v) is 18.4. The summed E-state index contributed by atoms with van der Waals surface area (Å²) in [4.78, 5) is 12.6. The predicted octanol–water partition coefficient (Wildman–Crippen LogP) is 1.45. The maximum Gasteiger partial charge on any atom is 0.193 e. The standard InChI is InChI=1S/C21H39N7/c1-6-22-21(28-8-7-18(16-28)19-13-24-26(5)15-19)23-14-20(17(2)3)27-11-9-25(4)10-12-27/h13,15,17-18,20H,6-12,14,16H2,1-5H3,(H,22,23). The number of likely N-dealkylation sites (tertiary alicyclic amines) is 1. The number of aryl methyl sites for hydroxylation is 1. The molecule has 0 spiro atoms. The molecule has 1 aromatic rings. The van der Waals surface area contributed by atoms with Crippen molar-refractivity contribution in [2.24, 2.45) is 18.0 Å². The van der Waals surface area contributed by atoms with E-state index in [1.165, 1.54) is 12.0 Å². The molecule has 2 fully saturated rings. The molecule has 0 bridgehead atoms. The SMILES string of the molecule is CCNC(=NCC(C(C)C)N1CCN(C)CC1)N1CCC(c2cnn(C)c2)C1. The van der Waals surface area contributed by atoms with Crippen molar-refractivity contribution in [1.82, 2.24) is 29.8 Å². The lowest BCUT2D eigenvalue weighted by atomic mass is 10.0. The second-order valence-corrected chi connectivity index (χ2v) is 8.72. The number of hydrogen-bond donors (Lipinski definition) is 1. The van der Waals surface area contributed by atoms with Gasteiger partial charge in [-0.3, -0.25) is 14.6 Å². The van der Waals surface area contributed by atoms with Crippen LogP contribution >= 0.6 is 0 Å². The number of rotatable bonds is 6. The van der Waals surface area contributed by atoms with E-state index in [9.17, 15) is 0 Å². The fourth-order valence-corrected chi connectivity index (χ4v) is 4.38. The minimum atomic E-state index is 0.513. The molecule has 0 amide bonds. The molecule has 2 saturated heterocycles. The molecule has 1 aromatic heterocycles. The zero-order chi connectivity index (χ0) is 20.1. The third-order valence-electron chi connectivity index (χ3n) is 6.22. The molecule has 7 nitrogen and oxygen atoms in total. The first kappa shape index (κ1) is 21.1. The van der Waals surface area contributed by atoms with Crippen molar-refractivity contribution in [3.05, 3.63) is 18.0 Å². The molecule has 3 heterocycles. The number of hydrogen-bond acceptors (Lipinski definition) is 4. The summed E-state index contributed by atoms with van der Waals surface area (Å²) in [6.07, 6.45) is 5.34. The molecule has 0 saturated carbocycles. The van der Waals surface area contributed by atoms with E-state index in [0.717, 1.165) is 58.3 Å². The summed E-state index contributed by atoms with van der Waals surface area (Å²) in [7, 11) is 4.21. The van der Waals surface area contributed by atoms with Crippen molar-refractivity contribution in [3.8, 4) is 0 Å². The van der Waals surface area contributed by atoms with Gasteiger partial charge >= 0.3 is 0 Å². The molecule has 28 heavy (non-hydrogen) atoms. The van der Waals surface area contributed by atoms with E-state index in [0.29, 0.717) is 17.9 Å².